The quantitative estimate of drug-likeness (QED) is 0.879. The van der Waals surface area contributed by atoms with E-state index in [0.717, 1.165) is 23.1 Å². The molecule has 0 bridgehead atoms. The van der Waals surface area contributed by atoms with Crippen molar-refractivity contribution < 1.29 is 9.90 Å². The molecule has 2 rings (SSSR count). The molecule has 1 N–H and O–H groups in total. The Labute approximate surface area is 118 Å². The zero-order valence-corrected chi connectivity index (χ0v) is 12.2. The summed E-state index contributed by atoms with van der Waals surface area (Å²) in [5.74, 6) is -0.783. The van der Waals surface area contributed by atoms with E-state index >= 15 is 0 Å². The van der Waals surface area contributed by atoms with E-state index in [1.54, 1.807) is 0 Å². The van der Waals surface area contributed by atoms with Crippen LogP contribution in [0, 0.1) is 0 Å². The van der Waals surface area contributed by atoms with Gasteiger partial charge in [0.05, 0.1) is 11.2 Å². The number of aliphatic carboxylic acids is 1. The summed E-state index contributed by atoms with van der Waals surface area (Å²) < 4.78 is 1.96. The Morgan fingerprint density at radius 2 is 2.10 bits per heavy atom. The summed E-state index contributed by atoms with van der Waals surface area (Å²) in [7, 11) is 1.84. The second kappa shape index (κ2) is 6.05. The van der Waals surface area contributed by atoms with E-state index < -0.39 is 12.0 Å². The highest BCUT2D eigenvalue weighted by atomic mass is 16.4. The van der Waals surface area contributed by atoms with Gasteiger partial charge in [0.15, 0.2) is 0 Å². The molecule has 0 saturated carbocycles. The Hall–Kier alpha value is -1.88. The number of likely N-dealkylation sites (N-methyl/N-ethyl adjacent to an activating group) is 1. The van der Waals surface area contributed by atoms with Gasteiger partial charge in [0, 0.05) is 18.5 Å². The summed E-state index contributed by atoms with van der Waals surface area (Å²) in [6.45, 7) is 5.29. The fourth-order valence-electron chi connectivity index (χ4n) is 2.58. The molecular formula is C15H21N3O2. The number of aromatic nitrogens is 2. The third kappa shape index (κ3) is 2.67. The number of fused-ring (bicyclic) bond motifs is 1. The van der Waals surface area contributed by atoms with Crippen molar-refractivity contribution in [2.24, 2.45) is 0 Å². The van der Waals surface area contributed by atoms with Gasteiger partial charge in [-0.2, -0.15) is 5.10 Å². The van der Waals surface area contributed by atoms with Gasteiger partial charge in [-0.15, -0.1) is 0 Å². The molecule has 1 unspecified atom stereocenters. The summed E-state index contributed by atoms with van der Waals surface area (Å²) >= 11 is 0. The molecule has 5 nitrogen and oxygen atoms in total. The fourth-order valence-corrected chi connectivity index (χ4v) is 2.58. The second-order valence-corrected chi connectivity index (χ2v) is 4.96. The molecule has 0 spiro atoms. The Kier molecular flexibility index (Phi) is 4.39. The lowest BCUT2D eigenvalue weighted by Gasteiger charge is -2.22. The van der Waals surface area contributed by atoms with E-state index in [9.17, 15) is 9.90 Å². The molecule has 0 aliphatic rings. The van der Waals surface area contributed by atoms with Crippen LogP contribution in [-0.4, -0.2) is 38.8 Å². The van der Waals surface area contributed by atoms with Crippen LogP contribution in [0.2, 0.25) is 0 Å². The molecule has 1 atom stereocenters. The molecule has 2 aromatic rings. The maximum atomic E-state index is 11.2. The van der Waals surface area contributed by atoms with Crippen LogP contribution < -0.4 is 0 Å². The number of hydrogen-bond acceptors (Lipinski definition) is 3. The Bertz CT molecular complexity index is 606. The lowest BCUT2D eigenvalue weighted by Crippen LogP contribution is -2.37. The van der Waals surface area contributed by atoms with Gasteiger partial charge in [-0.25, -0.2) is 0 Å². The predicted molar refractivity (Wildman–Crippen MR) is 78.6 cm³/mol. The van der Waals surface area contributed by atoms with E-state index in [1.165, 1.54) is 0 Å². The first kappa shape index (κ1) is 14.5. The number of para-hydroxylation sites is 1. The summed E-state index contributed by atoms with van der Waals surface area (Å²) in [5, 5.41) is 14.9. The number of nitrogens with zero attached hydrogens (tertiary/aromatic N) is 3. The zero-order chi connectivity index (χ0) is 14.7. The van der Waals surface area contributed by atoms with Crippen LogP contribution in [0.4, 0.5) is 0 Å². The summed E-state index contributed by atoms with van der Waals surface area (Å²) in [5.41, 5.74) is 2.03. The predicted octanol–water partition coefficient (Wildman–Crippen LogP) is 2.35. The van der Waals surface area contributed by atoms with Crippen molar-refractivity contribution in [3.63, 3.8) is 0 Å². The highest BCUT2D eigenvalue weighted by Crippen LogP contribution is 2.20. The van der Waals surface area contributed by atoms with E-state index in [2.05, 4.69) is 12.0 Å². The topological polar surface area (TPSA) is 58.4 Å². The summed E-state index contributed by atoms with van der Waals surface area (Å²) in [6.07, 6.45) is 0.582. The molecule has 108 valence electrons. The van der Waals surface area contributed by atoms with Gasteiger partial charge in [-0.05, 0) is 26.5 Å². The normalized spacial score (nSPS) is 13.0. The largest absolute Gasteiger partial charge is 0.480 e. The van der Waals surface area contributed by atoms with Crippen molar-refractivity contribution in [2.45, 2.75) is 39.4 Å². The Morgan fingerprint density at radius 3 is 2.70 bits per heavy atom. The van der Waals surface area contributed by atoms with Crippen LogP contribution in [0.25, 0.3) is 10.9 Å². The maximum absolute atomic E-state index is 11.2. The molecule has 0 saturated heterocycles. The first-order valence-corrected chi connectivity index (χ1v) is 6.95. The van der Waals surface area contributed by atoms with Crippen LogP contribution in [0.1, 0.15) is 26.0 Å². The number of hydrogen-bond donors (Lipinski definition) is 1. The van der Waals surface area contributed by atoms with Gasteiger partial charge >= 0.3 is 5.97 Å². The van der Waals surface area contributed by atoms with Crippen molar-refractivity contribution in [3.05, 3.63) is 30.0 Å². The third-order valence-corrected chi connectivity index (χ3v) is 3.64. The second-order valence-electron chi connectivity index (χ2n) is 4.96. The van der Waals surface area contributed by atoms with Crippen LogP contribution >= 0.6 is 0 Å². The highest BCUT2D eigenvalue weighted by Gasteiger charge is 2.22. The van der Waals surface area contributed by atoms with Crippen LogP contribution in [0.15, 0.2) is 24.3 Å². The van der Waals surface area contributed by atoms with Crippen molar-refractivity contribution in [1.29, 1.82) is 0 Å². The minimum atomic E-state index is -0.783. The van der Waals surface area contributed by atoms with Crippen LogP contribution in [0.3, 0.4) is 0 Å². The minimum Gasteiger partial charge on any atom is -0.480 e. The average Bonchev–Trinajstić information content (AvgIpc) is 2.77. The number of rotatable bonds is 6. The average molecular weight is 275 g/mol. The first-order valence-electron chi connectivity index (χ1n) is 6.95. The van der Waals surface area contributed by atoms with E-state index in [-0.39, 0.29) is 0 Å². The SMILES string of the molecule is CCC(C(=O)O)N(C)Cc1nn(CC)c2ccccc12. The number of carbonyl (C=O) groups is 1. The number of carboxylic acids is 1. The highest BCUT2D eigenvalue weighted by molar-refractivity contribution is 5.82. The summed E-state index contributed by atoms with van der Waals surface area (Å²) in [6, 6.07) is 7.60. The van der Waals surface area contributed by atoms with Gasteiger partial charge < -0.3 is 5.11 Å². The lowest BCUT2D eigenvalue weighted by atomic mass is 10.1. The standard InChI is InChI=1S/C15H21N3O2/c1-4-13(15(19)20)17(3)10-12-11-8-6-7-9-14(11)18(5-2)16-12/h6-9,13H,4-5,10H2,1-3H3,(H,19,20). The fraction of sp³-hybridized carbons (Fsp3) is 0.467. The molecule has 5 heteroatoms. The van der Waals surface area contributed by atoms with Crippen LogP contribution in [0.5, 0.6) is 0 Å². The monoisotopic (exact) mass is 275 g/mol. The minimum absolute atomic E-state index is 0.472. The van der Waals surface area contributed by atoms with Gasteiger partial charge in [-0.1, -0.05) is 25.1 Å². The van der Waals surface area contributed by atoms with Crippen molar-refractivity contribution in [3.8, 4) is 0 Å². The van der Waals surface area contributed by atoms with Gasteiger partial charge in [0.25, 0.3) is 0 Å². The Morgan fingerprint density at radius 1 is 1.40 bits per heavy atom. The number of benzene rings is 1. The van der Waals surface area contributed by atoms with Crippen molar-refractivity contribution >= 4 is 16.9 Å². The van der Waals surface area contributed by atoms with Crippen molar-refractivity contribution in [1.82, 2.24) is 14.7 Å². The van der Waals surface area contributed by atoms with E-state index in [0.29, 0.717) is 13.0 Å². The molecule has 0 aliphatic heterocycles. The number of carboxylic acid groups (broad SMARTS) is 1. The molecule has 1 aromatic carbocycles. The van der Waals surface area contributed by atoms with E-state index in [4.69, 9.17) is 0 Å². The van der Waals surface area contributed by atoms with Gasteiger partial charge in [-0.3, -0.25) is 14.4 Å². The molecule has 20 heavy (non-hydrogen) atoms. The lowest BCUT2D eigenvalue weighted by molar-refractivity contribution is -0.143. The molecular weight excluding hydrogens is 254 g/mol. The molecule has 0 radical (unpaired) electrons. The van der Waals surface area contributed by atoms with Crippen LogP contribution in [-0.2, 0) is 17.9 Å². The van der Waals surface area contributed by atoms with Gasteiger partial charge in [0.2, 0.25) is 0 Å². The van der Waals surface area contributed by atoms with E-state index in [1.807, 2.05) is 47.8 Å². The van der Waals surface area contributed by atoms with Gasteiger partial charge in [0.1, 0.15) is 6.04 Å². The molecule has 1 heterocycles. The zero-order valence-electron chi connectivity index (χ0n) is 12.2. The maximum Gasteiger partial charge on any atom is 0.320 e. The molecule has 1 aromatic heterocycles. The Balaban J connectivity index is 2.32. The number of aryl methyl sites for hydroxylation is 1. The third-order valence-electron chi connectivity index (χ3n) is 3.64. The smallest absolute Gasteiger partial charge is 0.320 e. The first-order chi connectivity index (χ1) is 9.58. The summed E-state index contributed by atoms with van der Waals surface area (Å²) in [4.78, 5) is 13.1. The molecule has 0 amide bonds. The molecule has 0 fully saturated rings. The molecule has 0 aliphatic carbocycles. The van der Waals surface area contributed by atoms with Crippen molar-refractivity contribution in [2.75, 3.05) is 7.05 Å².